The molecule has 29 heavy (non-hydrogen) atoms. The van der Waals surface area contributed by atoms with Crippen molar-refractivity contribution in [1.82, 2.24) is 20.1 Å². The van der Waals surface area contributed by atoms with Crippen molar-refractivity contribution in [3.63, 3.8) is 0 Å². The Labute approximate surface area is 173 Å². The lowest BCUT2D eigenvalue weighted by Gasteiger charge is -2.34. The molecule has 3 rings (SSSR count). The van der Waals surface area contributed by atoms with E-state index in [9.17, 15) is 14.0 Å². The van der Waals surface area contributed by atoms with Crippen molar-refractivity contribution in [2.75, 3.05) is 53.0 Å². The molecule has 1 N–H and O–H groups in total. The number of nitrogens with one attached hydrogen (secondary N) is 1. The number of methoxy groups -OCH3 is 1. The molecule has 0 aliphatic carbocycles. The van der Waals surface area contributed by atoms with E-state index in [4.69, 9.17) is 4.74 Å². The quantitative estimate of drug-likeness (QED) is 0.660. The van der Waals surface area contributed by atoms with Crippen LogP contribution in [0.3, 0.4) is 0 Å². The van der Waals surface area contributed by atoms with Gasteiger partial charge in [-0.2, -0.15) is 0 Å². The van der Waals surface area contributed by atoms with E-state index in [1.807, 2.05) is 4.90 Å². The van der Waals surface area contributed by atoms with Crippen molar-refractivity contribution >= 4 is 23.2 Å². The Bertz CT molecular complexity index is 837. The van der Waals surface area contributed by atoms with Crippen LogP contribution >= 0.6 is 11.3 Å². The van der Waals surface area contributed by atoms with Gasteiger partial charge in [0, 0.05) is 52.0 Å². The van der Waals surface area contributed by atoms with Gasteiger partial charge in [-0.25, -0.2) is 9.37 Å². The summed E-state index contributed by atoms with van der Waals surface area (Å²) in [6, 6.07) is 6.40. The third-order valence-electron chi connectivity index (χ3n) is 4.69. The third-order valence-corrected chi connectivity index (χ3v) is 5.71. The molecule has 0 radical (unpaired) electrons. The maximum absolute atomic E-state index is 13.9. The molecule has 2 heterocycles. The highest BCUT2D eigenvalue weighted by atomic mass is 32.1. The molecule has 1 aliphatic rings. The highest BCUT2D eigenvalue weighted by Gasteiger charge is 2.25. The Kier molecular flexibility index (Phi) is 7.68. The molecule has 2 amide bonds. The number of rotatable bonds is 8. The summed E-state index contributed by atoms with van der Waals surface area (Å²) in [5.41, 5.74) is 0.401. The first-order valence-electron chi connectivity index (χ1n) is 9.56. The molecule has 156 valence electrons. The lowest BCUT2D eigenvalue weighted by molar-refractivity contribution is -0.122. The van der Waals surface area contributed by atoms with Crippen LogP contribution in [0.4, 0.5) is 4.39 Å². The molecule has 0 bridgehead atoms. The highest BCUT2D eigenvalue weighted by Crippen LogP contribution is 2.28. The Morgan fingerprint density at radius 3 is 2.72 bits per heavy atom. The van der Waals surface area contributed by atoms with E-state index in [-0.39, 0.29) is 17.6 Å². The van der Waals surface area contributed by atoms with Crippen molar-refractivity contribution < 1.29 is 18.7 Å². The second kappa shape index (κ2) is 10.4. The standard InChI is InChI=1S/C20H25FN4O3S/c1-28-12-4-7-22-18(26)14-24-8-10-25(11-9-24)20(27)17-13-23-19(29-17)15-5-2-3-6-16(15)21/h2-3,5-6,13H,4,7-12,14H2,1H3,(H,22,26). The van der Waals surface area contributed by atoms with Gasteiger partial charge in [-0.15, -0.1) is 11.3 Å². The molecule has 7 nitrogen and oxygen atoms in total. The first-order chi connectivity index (χ1) is 14.1. The van der Waals surface area contributed by atoms with E-state index in [0.717, 1.165) is 6.42 Å². The van der Waals surface area contributed by atoms with Gasteiger partial charge < -0.3 is 15.0 Å². The van der Waals surface area contributed by atoms with Crippen LogP contribution in [0.15, 0.2) is 30.5 Å². The lowest BCUT2D eigenvalue weighted by Crippen LogP contribution is -2.51. The maximum atomic E-state index is 13.9. The van der Waals surface area contributed by atoms with E-state index >= 15 is 0 Å². The fraction of sp³-hybridized carbons (Fsp3) is 0.450. The second-order valence-corrected chi connectivity index (χ2v) is 7.80. The zero-order valence-electron chi connectivity index (χ0n) is 16.4. The van der Waals surface area contributed by atoms with Crippen LogP contribution in [0.25, 0.3) is 10.6 Å². The fourth-order valence-corrected chi connectivity index (χ4v) is 4.01. The van der Waals surface area contributed by atoms with Gasteiger partial charge in [-0.3, -0.25) is 14.5 Å². The smallest absolute Gasteiger partial charge is 0.265 e. The summed E-state index contributed by atoms with van der Waals surface area (Å²) in [6.07, 6.45) is 2.29. The monoisotopic (exact) mass is 420 g/mol. The van der Waals surface area contributed by atoms with Crippen LogP contribution in [0.1, 0.15) is 16.1 Å². The van der Waals surface area contributed by atoms with Gasteiger partial charge in [-0.1, -0.05) is 12.1 Å². The second-order valence-electron chi connectivity index (χ2n) is 6.77. The average Bonchev–Trinajstić information content (AvgIpc) is 3.21. The molecule has 1 saturated heterocycles. The molecular weight excluding hydrogens is 395 g/mol. The number of amides is 2. The Balaban J connectivity index is 1.48. The molecule has 0 atom stereocenters. The summed E-state index contributed by atoms with van der Waals surface area (Å²) in [6.45, 7) is 3.91. The molecule has 0 spiro atoms. The van der Waals surface area contributed by atoms with Gasteiger partial charge in [-0.05, 0) is 18.6 Å². The molecular formula is C20H25FN4O3S. The molecule has 1 aromatic heterocycles. The number of aromatic nitrogens is 1. The van der Waals surface area contributed by atoms with E-state index in [1.54, 1.807) is 30.2 Å². The maximum Gasteiger partial charge on any atom is 0.265 e. The number of carbonyl (C=O) groups is 2. The van der Waals surface area contributed by atoms with E-state index in [2.05, 4.69) is 10.3 Å². The number of carbonyl (C=O) groups excluding carboxylic acids is 2. The van der Waals surface area contributed by atoms with Crippen molar-refractivity contribution in [3.8, 4) is 10.6 Å². The van der Waals surface area contributed by atoms with E-state index in [0.29, 0.717) is 61.3 Å². The van der Waals surface area contributed by atoms with Crippen LogP contribution < -0.4 is 5.32 Å². The van der Waals surface area contributed by atoms with Gasteiger partial charge in [0.2, 0.25) is 5.91 Å². The van der Waals surface area contributed by atoms with Crippen molar-refractivity contribution in [1.29, 1.82) is 0 Å². The molecule has 1 aliphatic heterocycles. The number of halogens is 1. The number of hydrogen-bond acceptors (Lipinski definition) is 6. The molecule has 1 fully saturated rings. The van der Waals surface area contributed by atoms with E-state index in [1.165, 1.54) is 23.6 Å². The van der Waals surface area contributed by atoms with Gasteiger partial charge >= 0.3 is 0 Å². The summed E-state index contributed by atoms with van der Waals surface area (Å²) in [5.74, 6) is -0.471. The van der Waals surface area contributed by atoms with Crippen LogP contribution in [0.2, 0.25) is 0 Å². The minimum absolute atomic E-state index is 0.0159. The fourth-order valence-electron chi connectivity index (χ4n) is 3.10. The van der Waals surface area contributed by atoms with Gasteiger partial charge in [0.1, 0.15) is 15.7 Å². The average molecular weight is 421 g/mol. The molecule has 2 aromatic rings. The Hall–Kier alpha value is -2.36. The topological polar surface area (TPSA) is 74.8 Å². The first-order valence-corrected chi connectivity index (χ1v) is 10.4. The highest BCUT2D eigenvalue weighted by molar-refractivity contribution is 7.16. The number of nitrogens with zero attached hydrogens (tertiary/aromatic N) is 3. The van der Waals surface area contributed by atoms with Crippen LogP contribution in [-0.4, -0.2) is 79.6 Å². The molecule has 0 unspecified atom stereocenters. The minimum Gasteiger partial charge on any atom is -0.385 e. The molecule has 0 saturated carbocycles. The summed E-state index contributed by atoms with van der Waals surface area (Å²) < 4.78 is 18.9. The lowest BCUT2D eigenvalue weighted by atomic mass is 10.2. The Morgan fingerprint density at radius 1 is 1.24 bits per heavy atom. The zero-order valence-corrected chi connectivity index (χ0v) is 17.2. The number of benzene rings is 1. The zero-order chi connectivity index (χ0) is 20.6. The predicted molar refractivity (Wildman–Crippen MR) is 109 cm³/mol. The third kappa shape index (κ3) is 5.81. The van der Waals surface area contributed by atoms with Crippen LogP contribution in [0.5, 0.6) is 0 Å². The van der Waals surface area contributed by atoms with Gasteiger partial charge in [0.25, 0.3) is 5.91 Å². The van der Waals surface area contributed by atoms with Crippen LogP contribution in [-0.2, 0) is 9.53 Å². The van der Waals surface area contributed by atoms with Crippen molar-refractivity contribution in [3.05, 3.63) is 41.2 Å². The minimum atomic E-state index is -0.352. The SMILES string of the molecule is COCCCNC(=O)CN1CCN(C(=O)c2cnc(-c3ccccc3F)s2)CC1. The summed E-state index contributed by atoms with van der Waals surface area (Å²) in [7, 11) is 1.63. The van der Waals surface area contributed by atoms with Crippen molar-refractivity contribution in [2.24, 2.45) is 0 Å². The first kappa shape index (κ1) is 21.4. The number of hydrogen-bond donors (Lipinski definition) is 1. The summed E-state index contributed by atoms with van der Waals surface area (Å²) >= 11 is 1.20. The number of ether oxygens (including phenoxy) is 1. The van der Waals surface area contributed by atoms with Gasteiger partial charge in [0.15, 0.2) is 0 Å². The summed E-state index contributed by atoms with van der Waals surface area (Å²) in [5, 5.41) is 3.36. The molecule has 9 heteroatoms. The largest absolute Gasteiger partial charge is 0.385 e. The van der Waals surface area contributed by atoms with E-state index < -0.39 is 0 Å². The van der Waals surface area contributed by atoms with Crippen LogP contribution in [0, 0.1) is 5.82 Å². The molecule has 1 aromatic carbocycles. The normalized spacial score (nSPS) is 14.8. The summed E-state index contributed by atoms with van der Waals surface area (Å²) in [4.78, 5) is 33.2. The van der Waals surface area contributed by atoms with Crippen molar-refractivity contribution in [2.45, 2.75) is 6.42 Å². The predicted octanol–water partition coefficient (Wildman–Crippen LogP) is 1.86. The number of piperazine rings is 1. The number of thiazole rings is 1. The Morgan fingerprint density at radius 2 is 2.00 bits per heavy atom. The van der Waals surface area contributed by atoms with Gasteiger partial charge in [0.05, 0.1) is 12.7 Å².